The van der Waals surface area contributed by atoms with Crippen molar-refractivity contribution in [2.45, 2.75) is 26.2 Å². The number of nitrogens with one attached hydrogen (secondary N) is 1. The number of ether oxygens (including phenoxy) is 1. The van der Waals surface area contributed by atoms with E-state index in [1.807, 2.05) is 43.1 Å². The molecule has 2 aromatic heterocycles. The summed E-state index contributed by atoms with van der Waals surface area (Å²) < 4.78 is 21.7. The zero-order valence-corrected chi connectivity index (χ0v) is 21.7. The van der Waals surface area contributed by atoms with Gasteiger partial charge in [0.2, 0.25) is 5.91 Å². The molecule has 0 fully saturated rings. The number of carbonyl (C=O) groups excluding carboxylic acids is 1. The fraction of sp³-hybridized carbons (Fsp3) is 0.276. The molecule has 2 aromatic carbocycles. The number of halogens is 1. The second kappa shape index (κ2) is 11.2. The summed E-state index contributed by atoms with van der Waals surface area (Å²) in [5.41, 5.74) is 4.81. The summed E-state index contributed by atoms with van der Waals surface area (Å²) in [6, 6.07) is 10.4. The quantitative estimate of drug-likeness (QED) is 0.281. The van der Waals surface area contributed by atoms with Crippen LogP contribution < -0.4 is 15.0 Å². The lowest BCUT2D eigenvalue weighted by Crippen LogP contribution is -2.21. The molecule has 0 spiro atoms. The molecule has 0 atom stereocenters. The fourth-order valence-electron chi connectivity index (χ4n) is 4.43. The Balaban J connectivity index is 1.73. The molecule has 0 unspecified atom stereocenters. The summed E-state index contributed by atoms with van der Waals surface area (Å²) in [5, 5.41) is 3.72. The first-order valence-corrected chi connectivity index (χ1v) is 12.3. The summed E-state index contributed by atoms with van der Waals surface area (Å²) >= 11 is 0. The van der Waals surface area contributed by atoms with Crippen LogP contribution in [0.1, 0.15) is 31.2 Å². The number of nitrogens with zero attached hydrogens (tertiary/aromatic N) is 4. The summed E-state index contributed by atoms with van der Waals surface area (Å²) in [4.78, 5) is 23.6. The molecule has 192 valence electrons. The highest BCUT2D eigenvalue weighted by molar-refractivity contribution is 6.01. The maximum absolute atomic E-state index is 14.0. The Morgan fingerprint density at radius 3 is 2.81 bits per heavy atom. The van der Waals surface area contributed by atoms with Crippen molar-refractivity contribution < 1.29 is 13.9 Å². The first kappa shape index (κ1) is 25.9. The van der Waals surface area contributed by atoms with Gasteiger partial charge in [0.15, 0.2) is 0 Å². The lowest BCUT2D eigenvalue weighted by atomic mass is 10.1. The molecular formula is C29H32FN5O2. The number of methoxy groups -OCH3 is 1. The lowest BCUT2D eigenvalue weighted by molar-refractivity contribution is -0.111. The standard InChI is InChI=1S/C29H32FN5O2/c1-6-8-13-34(3)26-17-27(37-5)19(14-24(26)33-29(36)7-2)15-28-31-12-11-23(32-28)22-18-35(4)25-10-9-20(30)16-21(22)25/h7,9-12,14,16-18H,2,6,8,13,15H2,1,3-5H3,(H,33,36). The molecule has 0 saturated carbocycles. The molecule has 1 N–H and O–H groups in total. The number of benzene rings is 2. The minimum atomic E-state index is -0.294. The van der Waals surface area contributed by atoms with Gasteiger partial charge < -0.3 is 19.5 Å². The van der Waals surface area contributed by atoms with Crippen molar-refractivity contribution >= 4 is 28.2 Å². The summed E-state index contributed by atoms with van der Waals surface area (Å²) in [7, 11) is 5.54. The Hall–Kier alpha value is -4.20. The van der Waals surface area contributed by atoms with Crippen LogP contribution in [0.25, 0.3) is 22.2 Å². The van der Waals surface area contributed by atoms with Gasteiger partial charge in [-0.05, 0) is 42.8 Å². The van der Waals surface area contributed by atoms with Gasteiger partial charge in [-0.3, -0.25) is 4.79 Å². The Morgan fingerprint density at radius 1 is 1.27 bits per heavy atom. The van der Waals surface area contributed by atoms with E-state index < -0.39 is 0 Å². The number of hydrogen-bond acceptors (Lipinski definition) is 5. The molecule has 37 heavy (non-hydrogen) atoms. The Labute approximate surface area is 216 Å². The maximum atomic E-state index is 14.0. The highest BCUT2D eigenvalue weighted by atomic mass is 19.1. The van der Waals surface area contributed by atoms with Gasteiger partial charge in [0.05, 0.1) is 24.2 Å². The molecule has 0 saturated heterocycles. The SMILES string of the molecule is C=CC(=O)Nc1cc(Cc2nccc(-c3cn(C)c4ccc(F)cc34)n2)c(OC)cc1N(C)CCCC. The summed E-state index contributed by atoms with van der Waals surface area (Å²) in [6.07, 6.45) is 7.36. The normalized spacial score (nSPS) is 10.9. The molecule has 2 heterocycles. The minimum absolute atomic E-state index is 0.289. The number of unbranched alkanes of at least 4 members (excludes halogenated alkanes) is 1. The molecule has 7 nitrogen and oxygen atoms in total. The van der Waals surface area contributed by atoms with Crippen LogP contribution in [-0.4, -0.2) is 41.1 Å². The Morgan fingerprint density at radius 2 is 2.08 bits per heavy atom. The topological polar surface area (TPSA) is 72.3 Å². The predicted octanol–water partition coefficient (Wildman–Crippen LogP) is 5.73. The molecule has 0 aliphatic heterocycles. The van der Waals surface area contributed by atoms with Gasteiger partial charge in [-0.15, -0.1) is 0 Å². The molecule has 0 radical (unpaired) electrons. The van der Waals surface area contributed by atoms with Gasteiger partial charge in [-0.2, -0.15) is 0 Å². The average molecular weight is 502 g/mol. The highest BCUT2D eigenvalue weighted by Crippen LogP contribution is 2.35. The summed E-state index contributed by atoms with van der Waals surface area (Å²) in [6.45, 7) is 6.56. The third-order valence-electron chi connectivity index (χ3n) is 6.38. The Bertz CT molecular complexity index is 1450. The van der Waals surface area contributed by atoms with Crippen molar-refractivity contribution in [2.24, 2.45) is 7.05 Å². The zero-order valence-electron chi connectivity index (χ0n) is 21.7. The largest absolute Gasteiger partial charge is 0.496 e. The van der Waals surface area contributed by atoms with Gasteiger partial charge >= 0.3 is 0 Å². The number of amides is 1. The maximum Gasteiger partial charge on any atom is 0.247 e. The zero-order chi connectivity index (χ0) is 26.5. The molecule has 0 bridgehead atoms. The smallest absolute Gasteiger partial charge is 0.247 e. The van der Waals surface area contributed by atoms with Crippen LogP contribution in [-0.2, 0) is 18.3 Å². The first-order valence-electron chi connectivity index (χ1n) is 12.3. The van der Waals surface area contributed by atoms with Crippen LogP contribution >= 0.6 is 0 Å². The Kier molecular flexibility index (Phi) is 7.86. The van der Waals surface area contributed by atoms with Crippen LogP contribution in [0.5, 0.6) is 5.75 Å². The van der Waals surface area contributed by atoms with Crippen LogP contribution in [0.4, 0.5) is 15.8 Å². The van der Waals surface area contributed by atoms with E-state index in [9.17, 15) is 9.18 Å². The number of anilines is 2. The fourth-order valence-corrected chi connectivity index (χ4v) is 4.43. The van der Waals surface area contributed by atoms with Gasteiger partial charge in [-0.25, -0.2) is 14.4 Å². The second-order valence-corrected chi connectivity index (χ2v) is 9.00. The van der Waals surface area contributed by atoms with Crippen molar-refractivity contribution in [1.29, 1.82) is 0 Å². The van der Waals surface area contributed by atoms with Crippen molar-refractivity contribution in [3.05, 3.63) is 78.7 Å². The van der Waals surface area contributed by atoms with E-state index in [-0.39, 0.29) is 11.7 Å². The second-order valence-electron chi connectivity index (χ2n) is 9.00. The van der Waals surface area contributed by atoms with Crippen molar-refractivity contribution in [1.82, 2.24) is 14.5 Å². The molecule has 1 amide bonds. The van der Waals surface area contributed by atoms with E-state index in [4.69, 9.17) is 9.72 Å². The van der Waals surface area contributed by atoms with Crippen LogP contribution in [0, 0.1) is 5.82 Å². The van der Waals surface area contributed by atoms with Crippen LogP contribution in [0.3, 0.4) is 0 Å². The number of hydrogen-bond donors (Lipinski definition) is 1. The molecule has 4 aromatic rings. The van der Waals surface area contributed by atoms with Gasteiger partial charge in [0, 0.05) is 67.6 Å². The third kappa shape index (κ3) is 5.63. The van der Waals surface area contributed by atoms with E-state index in [0.717, 1.165) is 47.1 Å². The van der Waals surface area contributed by atoms with E-state index in [1.165, 1.54) is 18.2 Å². The van der Waals surface area contributed by atoms with Crippen LogP contribution in [0.2, 0.25) is 0 Å². The van der Waals surface area contributed by atoms with Gasteiger partial charge in [0.1, 0.15) is 17.4 Å². The first-order chi connectivity index (χ1) is 17.8. The predicted molar refractivity (Wildman–Crippen MR) is 147 cm³/mol. The number of aryl methyl sites for hydroxylation is 1. The third-order valence-corrected chi connectivity index (χ3v) is 6.38. The monoisotopic (exact) mass is 501 g/mol. The number of carbonyl (C=O) groups is 1. The van der Waals surface area contributed by atoms with E-state index in [2.05, 4.69) is 28.7 Å². The van der Waals surface area contributed by atoms with E-state index in [1.54, 1.807) is 19.4 Å². The highest BCUT2D eigenvalue weighted by Gasteiger charge is 2.17. The van der Waals surface area contributed by atoms with Crippen molar-refractivity contribution in [2.75, 3.05) is 30.9 Å². The molecule has 0 aliphatic rings. The van der Waals surface area contributed by atoms with Gasteiger partial charge in [0.25, 0.3) is 0 Å². The van der Waals surface area contributed by atoms with Crippen molar-refractivity contribution in [3.63, 3.8) is 0 Å². The molecule has 8 heteroatoms. The average Bonchev–Trinajstić information content (AvgIpc) is 3.22. The van der Waals surface area contributed by atoms with Crippen molar-refractivity contribution in [3.8, 4) is 17.0 Å². The molecule has 4 rings (SSSR count). The van der Waals surface area contributed by atoms with Crippen LogP contribution in [0.15, 0.2) is 61.4 Å². The van der Waals surface area contributed by atoms with E-state index in [0.29, 0.717) is 29.4 Å². The summed E-state index contributed by atoms with van der Waals surface area (Å²) in [5.74, 6) is 0.674. The minimum Gasteiger partial charge on any atom is -0.496 e. The van der Waals surface area contributed by atoms with E-state index >= 15 is 0 Å². The molecule has 0 aliphatic carbocycles. The lowest BCUT2D eigenvalue weighted by Gasteiger charge is -2.24. The number of fused-ring (bicyclic) bond motifs is 1. The molecular weight excluding hydrogens is 469 g/mol. The number of aromatic nitrogens is 3. The number of rotatable bonds is 10. The van der Waals surface area contributed by atoms with Gasteiger partial charge in [-0.1, -0.05) is 19.9 Å².